The van der Waals surface area contributed by atoms with E-state index in [9.17, 15) is 5.11 Å². The van der Waals surface area contributed by atoms with Gasteiger partial charge in [-0.1, -0.05) is 66.7 Å². The first-order valence-corrected chi connectivity index (χ1v) is 8.68. The number of ether oxygens (including phenoxy) is 2. The molecule has 3 nitrogen and oxygen atoms in total. The van der Waals surface area contributed by atoms with Crippen LogP contribution in [0, 0.1) is 0 Å². The fourth-order valence-corrected chi connectivity index (χ4v) is 2.86. The molecule has 132 valence electrons. The van der Waals surface area contributed by atoms with Crippen molar-refractivity contribution in [3.8, 4) is 39.9 Å². The van der Waals surface area contributed by atoms with Crippen molar-refractivity contribution in [2.24, 2.45) is 0 Å². The van der Waals surface area contributed by atoms with Gasteiger partial charge in [0, 0.05) is 12.1 Å². The molecule has 0 radical (unpaired) electrons. The largest absolute Gasteiger partial charge is 0.508 e. The van der Waals surface area contributed by atoms with Gasteiger partial charge in [0.1, 0.15) is 28.7 Å². The van der Waals surface area contributed by atoms with Crippen LogP contribution in [0.25, 0.3) is 11.1 Å². The molecule has 0 amide bonds. The highest BCUT2D eigenvalue weighted by molar-refractivity contribution is 5.79. The minimum Gasteiger partial charge on any atom is -0.508 e. The van der Waals surface area contributed by atoms with Crippen LogP contribution in [0.2, 0.25) is 0 Å². The van der Waals surface area contributed by atoms with Crippen molar-refractivity contribution in [3.05, 3.63) is 103 Å². The van der Waals surface area contributed by atoms with Crippen LogP contribution in [0.5, 0.6) is 28.7 Å². The van der Waals surface area contributed by atoms with Crippen molar-refractivity contribution in [3.63, 3.8) is 0 Å². The summed E-state index contributed by atoms with van der Waals surface area (Å²) < 4.78 is 12.2. The Morgan fingerprint density at radius 2 is 0.926 bits per heavy atom. The van der Waals surface area contributed by atoms with Crippen LogP contribution in [0.1, 0.15) is 0 Å². The maximum absolute atomic E-state index is 10.3. The summed E-state index contributed by atoms with van der Waals surface area (Å²) in [5.41, 5.74) is 1.72. The minimum absolute atomic E-state index is 0.0755. The molecule has 0 heterocycles. The van der Waals surface area contributed by atoms with Crippen molar-refractivity contribution in [1.29, 1.82) is 0 Å². The van der Waals surface area contributed by atoms with E-state index in [-0.39, 0.29) is 5.75 Å². The van der Waals surface area contributed by atoms with E-state index in [2.05, 4.69) is 0 Å². The number of benzene rings is 4. The Hall–Kier alpha value is -3.72. The van der Waals surface area contributed by atoms with Crippen LogP contribution in [0.15, 0.2) is 103 Å². The SMILES string of the molecule is Oc1cc(Oc2ccccc2)c(-c2ccccc2)c(Oc2ccccc2)c1. The van der Waals surface area contributed by atoms with Crippen molar-refractivity contribution in [2.75, 3.05) is 0 Å². The second-order valence-corrected chi connectivity index (χ2v) is 6.01. The van der Waals surface area contributed by atoms with Crippen LogP contribution >= 0.6 is 0 Å². The lowest BCUT2D eigenvalue weighted by Crippen LogP contribution is -1.93. The standard InChI is InChI=1S/C24H18O3/c25-19-16-22(26-20-12-6-2-7-13-20)24(18-10-4-1-5-11-18)23(17-19)27-21-14-8-3-9-15-21/h1-17,25H. The molecule has 0 aliphatic heterocycles. The summed E-state index contributed by atoms with van der Waals surface area (Å²) in [5, 5.41) is 10.3. The fourth-order valence-electron chi connectivity index (χ4n) is 2.86. The van der Waals surface area contributed by atoms with E-state index in [1.807, 2.05) is 91.0 Å². The number of hydrogen-bond acceptors (Lipinski definition) is 3. The lowest BCUT2D eigenvalue weighted by molar-refractivity contribution is 0.438. The summed E-state index contributed by atoms with van der Waals surface area (Å²) >= 11 is 0. The fraction of sp³-hybridized carbons (Fsp3) is 0. The van der Waals surface area contributed by atoms with Crippen LogP contribution in [0.4, 0.5) is 0 Å². The van der Waals surface area contributed by atoms with Crippen molar-refractivity contribution < 1.29 is 14.6 Å². The van der Waals surface area contributed by atoms with Gasteiger partial charge in [-0.15, -0.1) is 0 Å². The minimum atomic E-state index is 0.0755. The number of phenols is 1. The van der Waals surface area contributed by atoms with Gasteiger partial charge in [0.15, 0.2) is 0 Å². The lowest BCUT2D eigenvalue weighted by atomic mass is 10.0. The Balaban J connectivity index is 1.84. The predicted molar refractivity (Wildman–Crippen MR) is 107 cm³/mol. The van der Waals surface area contributed by atoms with Gasteiger partial charge in [0.2, 0.25) is 0 Å². The molecule has 0 aliphatic rings. The third-order valence-corrected chi connectivity index (χ3v) is 4.06. The van der Waals surface area contributed by atoms with Gasteiger partial charge < -0.3 is 14.6 Å². The normalized spacial score (nSPS) is 10.4. The third-order valence-electron chi connectivity index (χ3n) is 4.06. The van der Waals surface area contributed by atoms with E-state index in [0.717, 1.165) is 11.1 Å². The number of para-hydroxylation sites is 2. The topological polar surface area (TPSA) is 38.7 Å². The highest BCUT2D eigenvalue weighted by atomic mass is 16.5. The van der Waals surface area contributed by atoms with E-state index in [1.165, 1.54) is 0 Å². The van der Waals surface area contributed by atoms with E-state index in [0.29, 0.717) is 23.0 Å². The molecule has 4 rings (SSSR count). The van der Waals surface area contributed by atoms with Gasteiger partial charge >= 0.3 is 0 Å². The molecule has 0 saturated heterocycles. The summed E-state index contributed by atoms with van der Waals surface area (Å²) in [6.07, 6.45) is 0. The Bertz CT molecular complexity index is 951. The molecular weight excluding hydrogens is 336 g/mol. The Morgan fingerprint density at radius 1 is 0.519 bits per heavy atom. The van der Waals surface area contributed by atoms with Crippen LogP contribution in [-0.2, 0) is 0 Å². The molecule has 3 heteroatoms. The maximum atomic E-state index is 10.3. The zero-order chi connectivity index (χ0) is 18.5. The lowest BCUT2D eigenvalue weighted by Gasteiger charge is -2.17. The zero-order valence-corrected chi connectivity index (χ0v) is 14.6. The number of phenolic OH excluding ortho intramolecular Hbond substituents is 1. The Morgan fingerprint density at radius 3 is 1.37 bits per heavy atom. The quantitative estimate of drug-likeness (QED) is 0.436. The first-order chi connectivity index (χ1) is 13.3. The van der Waals surface area contributed by atoms with Gasteiger partial charge in [-0.25, -0.2) is 0 Å². The van der Waals surface area contributed by atoms with Gasteiger partial charge in [-0.2, -0.15) is 0 Å². The number of rotatable bonds is 5. The average Bonchev–Trinajstić information content (AvgIpc) is 2.70. The van der Waals surface area contributed by atoms with Gasteiger partial charge in [-0.3, -0.25) is 0 Å². The molecule has 27 heavy (non-hydrogen) atoms. The molecule has 4 aromatic rings. The predicted octanol–water partition coefficient (Wildman–Crippen LogP) is 6.64. The van der Waals surface area contributed by atoms with Crippen LogP contribution in [0.3, 0.4) is 0 Å². The van der Waals surface area contributed by atoms with Crippen LogP contribution in [-0.4, -0.2) is 5.11 Å². The average molecular weight is 354 g/mol. The van der Waals surface area contributed by atoms with E-state index >= 15 is 0 Å². The Labute approximate surface area is 158 Å². The van der Waals surface area contributed by atoms with Crippen molar-refractivity contribution >= 4 is 0 Å². The van der Waals surface area contributed by atoms with Crippen molar-refractivity contribution in [1.82, 2.24) is 0 Å². The first kappa shape index (κ1) is 16.7. The molecule has 0 atom stereocenters. The monoisotopic (exact) mass is 354 g/mol. The maximum Gasteiger partial charge on any atom is 0.142 e. The molecule has 0 bridgehead atoms. The number of hydrogen-bond donors (Lipinski definition) is 1. The molecule has 0 fully saturated rings. The van der Waals surface area contributed by atoms with Crippen molar-refractivity contribution in [2.45, 2.75) is 0 Å². The van der Waals surface area contributed by atoms with Gasteiger partial charge in [0.05, 0.1) is 5.56 Å². The zero-order valence-electron chi connectivity index (χ0n) is 14.6. The van der Waals surface area contributed by atoms with Gasteiger partial charge in [-0.05, 0) is 29.8 Å². The van der Waals surface area contributed by atoms with E-state index in [1.54, 1.807) is 12.1 Å². The molecule has 0 spiro atoms. The highest BCUT2D eigenvalue weighted by Crippen LogP contribution is 2.44. The smallest absolute Gasteiger partial charge is 0.142 e. The Kier molecular flexibility index (Phi) is 4.75. The summed E-state index contributed by atoms with van der Waals surface area (Å²) in [6, 6.07) is 32.0. The number of aromatic hydroxyl groups is 1. The molecule has 1 N–H and O–H groups in total. The molecular formula is C24H18O3. The second-order valence-electron chi connectivity index (χ2n) is 6.01. The summed E-state index contributed by atoms with van der Waals surface area (Å²) in [7, 11) is 0. The first-order valence-electron chi connectivity index (χ1n) is 8.68. The van der Waals surface area contributed by atoms with Gasteiger partial charge in [0.25, 0.3) is 0 Å². The highest BCUT2D eigenvalue weighted by Gasteiger charge is 2.17. The molecule has 4 aromatic carbocycles. The second kappa shape index (κ2) is 7.67. The summed E-state index contributed by atoms with van der Waals surface area (Å²) in [4.78, 5) is 0. The summed E-state index contributed by atoms with van der Waals surface area (Å²) in [6.45, 7) is 0. The molecule has 0 aromatic heterocycles. The molecule has 0 aliphatic carbocycles. The molecule has 0 saturated carbocycles. The third kappa shape index (κ3) is 3.93. The summed E-state index contributed by atoms with van der Waals surface area (Å²) in [5.74, 6) is 2.50. The van der Waals surface area contributed by atoms with E-state index < -0.39 is 0 Å². The van der Waals surface area contributed by atoms with Crippen LogP contribution < -0.4 is 9.47 Å². The molecule has 0 unspecified atom stereocenters. The van der Waals surface area contributed by atoms with E-state index in [4.69, 9.17) is 9.47 Å².